The van der Waals surface area contributed by atoms with E-state index in [9.17, 15) is 9.90 Å². The van der Waals surface area contributed by atoms with Crippen molar-refractivity contribution in [2.24, 2.45) is 23.7 Å². The highest BCUT2D eigenvalue weighted by Crippen LogP contribution is 2.49. The summed E-state index contributed by atoms with van der Waals surface area (Å²) in [6, 6.07) is 0. The molecule has 4 aliphatic rings. The predicted octanol–water partition coefficient (Wildman–Crippen LogP) is 1.37. The summed E-state index contributed by atoms with van der Waals surface area (Å²) in [5, 5.41) is 9.97. The van der Waals surface area contributed by atoms with Crippen molar-refractivity contribution in [2.45, 2.75) is 38.2 Å². The van der Waals surface area contributed by atoms with E-state index in [-0.39, 0.29) is 6.10 Å². The Hall–Kier alpha value is -0.370. The number of hydrogen-bond acceptors (Lipinski definition) is 2. The number of hydrogen-bond donors (Lipinski definition) is 1. The lowest BCUT2D eigenvalue weighted by Gasteiger charge is -2.41. The Morgan fingerprint density at radius 1 is 1.08 bits per heavy atom. The van der Waals surface area contributed by atoms with E-state index in [4.69, 9.17) is 0 Å². The van der Waals surface area contributed by atoms with Gasteiger partial charge in [-0.25, -0.2) is 0 Å². The van der Waals surface area contributed by atoms with Crippen LogP contribution in [0.25, 0.3) is 0 Å². The molecular formula is C11H16O2. The lowest BCUT2D eigenvalue weighted by Crippen LogP contribution is -2.38. The monoisotopic (exact) mass is 180 g/mol. The minimum Gasteiger partial charge on any atom is -0.393 e. The smallest absolute Gasteiger partial charge is 0.136 e. The van der Waals surface area contributed by atoms with Gasteiger partial charge in [-0.3, -0.25) is 4.79 Å². The van der Waals surface area contributed by atoms with Gasteiger partial charge in [0.15, 0.2) is 0 Å². The number of ketones is 1. The van der Waals surface area contributed by atoms with Crippen molar-refractivity contribution in [2.75, 3.05) is 0 Å². The molecule has 0 aromatic heterocycles. The Balaban J connectivity index is 1.98. The fraction of sp³-hybridized carbons (Fsp3) is 0.909. The van der Waals surface area contributed by atoms with Crippen LogP contribution in [0.2, 0.25) is 0 Å². The molecule has 72 valence electrons. The highest BCUT2D eigenvalue weighted by atomic mass is 16.3. The lowest BCUT2D eigenvalue weighted by molar-refractivity contribution is -0.123. The van der Waals surface area contributed by atoms with Gasteiger partial charge in [0.25, 0.3) is 0 Å². The van der Waals surface area contributed by atoms with Crippen molar-refractivity contribution < 1.29 is 9.90 Å². The average molecular weight is 180 g/mol. The highest BCUT2D eigenvalue weighted by Gasteiger charge is 2.47. The predicted molar refractivity (Wildman–Crippen MR) is 48.1 cm³/mol. The van der Waals surface area contributed by atoms with Crippen molar-refractivity contribution in [1.82, 2.24) is 0 Å². The highest BCUT2D eigenvalue weighted by molar-refractivity contribution is 5.82. The van der Waals surface area contributed by atoms with E-state index < -0.39 is 0 Å². The molecule has 0 spiro atoms. The van der Waals surface area contributed by atoms with Gasteiger partial charge in [-0.2, -0.15) is 0 Å². The molecule has 0 heterocycles. The first-order chi connectivity index (χ1) is 6.24. The van der Waals surface area contributed by atoms with Crippen LogP contribution in [0.5, 0.6) is 0 Å². The van der Waals surface area contributed by atoms with Gasteiger partial charge < -0.3 is 5.11 Å². The molecule has 4 rings (SSSR count). The summed E-state index contributed by atoms with van der Waals surface area (Å²) >= 11 is 0. The molecule has 4 aliphatic carbocycles. The fourth-order valence-corrected chi connectivity index (χ4v) is 3.80. The number of rotatable bonds is 0. The molecule has 13 heavy (non-hydrogen) atoms. The van der Waals surface area contributed by atoms with Crippen molar-refractivity contribution in [1.29, 1.82) is 0 Å². The van der Waals surface area contributed by atoms with Crippen molar-refractivity contribution in [3.05, 3.63) is 0 Å². The minimum absolute atomic E-state index is 0.162. The van der Waals surface area contributed by atoms with E-state index in [0.717, 1.165) is 25.2 Å². The van der Waals surface area contributed by atoms with Crippen LogP contribution in [0.15, 0.2) is 0 Å². The second-order valence-electron chi connectivity index (χ2n) is 5.19. The number of aliphatic hydroxyl groups is 1. The Kier molecular flexibility index (Phi) is 1.58. The van der Waals surface area contributed by atoms with Crippen LogP contribution in [0, 0.1) is 23.7 Å². The van der Waals surface area contributed by atoms with E-state index in [2.05, 4.69) is 0 Å². The van der Waals surface area contributed by atoms with Gasteiger partial charge in [0.2, 0.25) is 0 Å². The third-order valence-electron chi connectivity index (χ3n) is 4.36. The van der Waals surface area contributed by atoms with Gasteiger partial charge in [-0.15, -0.1) is 0 Å². The molecule has 0 aromatic rings. The number of carbonyl (C=O) groups excluding carboxylic acids is 1. The van der Waals surface area contributed by atoms with Gasteiger partial charge in [0.05, 0.1) is 6.10 Å². The summed E-state index contributed by atoms with van der Waals surface area (Å²) in [5.41, 5.74) is 0. The molecule has 0 aliphatic heterocycles. The quantitative estimate of drug-likeness (QED) is 0.611. The van der Waals surface area contributed by atoms with Crippen LogP contribution in [0.3, 0.4) is 0 Å². The second-order valence-corrected chi connectivity index (χ2v) is 5.19. The Labute approximate surface area is 78.3 Å². The average Bonchev–Trinajstić information content (AvgIpc) is 2.26. The summed E-state index contributed by atoms with van der Waals surface area (Å²) in [6.45, 7) is 0. The maximum atomic E-state index is 11.7. The Bertz CT molecular complexity index is 248. The number of aliphatic hydroxyl groups excluding tert-OH is 1. The summed E-state index contributed by atoms with van der Waals surface area (Å²) in [6.07, 6.45) is 4.90. The molecular weight excluding hydrogens is 164 g/mol. The topological polar surface area (TPSA) is 37.3 Å². The molecule has 0 aromatic carbocycles. The molecule has 0 saturated heterocycles. The van der Waals surface area contributed by atoms with E-state index in [1.54, 1.807) is 0 Å². The molecule has 4 fully saturated rings. The Morgan fingerprint density at radius 2 is 1.85 bits per heavy atom. The summed E-state index contributed by atoms with van der Waals surface area (Å²) < 4.78 is 0. The summed E-state index contributed by atoms with van der Waals surface area (Å²) in [7, 11) is 0. The zero-order chi connectivity index (χ0) is 9.00. The fourth-order valence-electron chi connectivity index (χ4n) is 3.80. The minimum atomic E-state index is -0.162. The van der Waals surface area contributed by atoms with Gasteiger partial charge in [-0.1, -0.05) is 0 Å². The summed E-state index contributed by atoms with van der Waals surface area (Å²) in [4.78, 5) is 11.7. The van der Waals surface area contributed by atoms with Crippen molar-refractivity contribution in [3.63, 3.8) is 0 Å². The standard InChI is InChI=1S/C11H16O2/c12-10-5-9-3-6-1-7(10)4-8(2-6)11(9)13/h6-9,11,13H,1-5H2. The SMILES string of the molecule is O=C1CC2CC3CC1CC(C3)C2O. The normalized spacial score (nSPS) is 53.9. The third-order valence-corrected chi connectivity index (χ3v) is 4.36. The van der Waals surface area contributed by atoms with Gasteiger partial charge in [0, 0.05) is 12.3 Å². The van der Waals surface area contributed by atoms with Gasteiger partial charge >= 0.3 is 0 Å². The number of carbonyl (C=O) groups is 1. The van der Waals surface area contributed by atoms with E-state index in [1.165, 1.54) is 6.42 Å². The maximum absolute atomic E-state index is 11.7. The zero-order valence-electron chi connectivity index (χ0n) is 7.78. The molecule has 5 atom stereocenters. The van der Waals surface area contributed by atoms with Crippen molar-refractivity contribution in [3.8, 4) is 0 Å². The van der Waals surface area contributed by atoms with E-state index in [1.807, 2.05) is 0 Å². The lowest BCUT2D eigenvalue weighted by atomic mass is 9.66. The van der Waals surface area contributed by atoms with E-state index >= 15 is 0 Å². The first kappa shape index (κ1) is 7.98. The number of Topliss-reactive ketones (excluding diaryl/α,β-unsaturated/α-hetero) is 1. The first-order valence-electron chi connectivity index (χ1n) is 5.45. The molecule has 0 amide bonds. The maximum Gasteiger partial charge on any atom is 0.136 e. The molecule has 1 N–H and O–H groups in total. The molecule has 2 nitrogen and oxygen atoms in total. The largest absolute Gasteiger partial charge is 0.393 e. The molecule has 5 unspecified atom stereocenters. The van der Waals surface area contributed by atoms with Crippen LogP contribution in [-0.2, 0) is 4.79 Å². The Morgan fingerprint density at radius 3 is 2.69 bits per heavy atom. The third kappa shape index (κ3) is 1.08. The number of fused-ring (bicyclic) bond motifs is 1. The van der Waals surface area contributed by atoms with Crippen LogP contribution < -0.4 is 0 Å². The molecule has 4 saturated carbocycles. The molecule has 2 heteroatoms. The second kappa shape index (κ2) is 2.57. The molecule has 4 bridgehead atoms. The van der Waals surface area contributed by atoms with Gasteiger partial charge in [0.1, 0.15) is 5.78 Å². The first-order valence-corrected chi connectivity index (χ1v) is 5.45. The van der Waals surface area contributed by atoms with Crippen LogP contribution in [0.4, 0.5) is 0 Å². The molecule has 0 radical (unpaired) electrons. The van der Waals surface area contributed by atoms with Crippen LogP contribution in [0.1, 0.15) is 32.1 Å². The van der Waals surface area contributed by atoms with Crippen LogP contribution in [-0.4, -0.2) is 17.0 Å². The van der Waals surface area contributed by atoms with Crippen LogP contribution >= 0.6 is 0 Å². The van der Waals surface area contributed by atoms with Crippen molar-refractivity contribution >= 4 is 5.78 Å². The van der Waals surface area contributed by atoms with E-state index in [0.29, 0.717) is 30.0 Å². The van der Waals surface area contributed by atoms with Gasteiger partial charge in [-0.05, 0) is 43.4 Å². The zero-order valence-corrected chi connectivity index (χ0v) is 7.78. The summed E-state index contributed by atoms with van der Waals surface area (Å²) in [5.74, 6) is 2.26.